The number of benzene rings is 1. The summed E-state index contributed by atoms with van der Waals surface area (Å²) in [6.07, 6.45) is 0. The van der Waals surface area contributed by atoms with Crippen molar-refractivity contribution in [1.82, 2.24) is 0 Å². The summed E-state index contributed by atoms with van der Waals surface area (Å²) in [5.41, 5.74) is 5.53. The predicted octanol–water partition coefficient (Wildman–Crippen LogP) is 3.03. The summed E-state index contributed by atoms with van der Waals surface area (Å²) in [6, 6.07) is 5.33. The topological polar surface area (TPSA) is 38.4 Å². The SMILES string of the molecule is CN=C(N)Sc1ccc(Cl)c(Cl)c1. The molecule has 0 amide bonds. The zero-order valence-corrected chi connectivity index (χ0v) is 9.25. The molecular weight excluding hydrogens is 227 g/mol. The molecule has 0 saturated heterocycles. The van der Waals surface area contributed by atoms with E-state index in [9.17, 15) is 0 Å². The first-order valence-electron chi connectivity index (χ1n) is 3.48. The first kappa shape index (κ1) is 10.7. The van der Waals surface area contributed by atoms with Crippen LogP contribution in [0.15, 0.2) is 28.1 Å². The molecule has 0 bridgehead atoms. The first-order valence-corrected chi connectivity index (χ1v) is 5.06. The standard InChI is InChI=1S/C8H8Cl2N2S/c1-12-8(11)13-5-2-3-6(9)7(10)4-5/h2-4H,1H3,(H2,11,12). The van der Waals surface area contributed by atoms with Crippen LogP contribution in [0.4, 0.5) is 0 Å². The van der Waals surface area contributed by atoms with Crippen molar-refractivity contribution in [2.24, 2.45) is 10.7 Å². The zero-order chi connectivity index (χ0) is 9.84. The third-order valence-corrected chi connectivity index (χ3v) is 2.95. The normalized spacial score (nSPS) is 11.8. The highest BCUT2D eigenvalue weighted by atomic mass is 35.5. The minimum atomic E-state index is 0.499. The van der Waals surface area contributed by atoms with Gasteiger partial charge in [0.1, 0.15) is 0 Å². The van der Waals surface area contributed by atoms with Gasteiger partial charge in [-0.3, -0.25) is 4.99 Å². The van der Waals surface area contributed by atoms with Gasteiger partial charge in [-0.25, -0.2) is 0 Å². The van der Waals surface area contributed by atoms with Gasteiger partial charge in [0, 0.05) is 11.9 Å². The molecule has 5 heteroatoms. The van der Waals surface area contributed by atoms with Crippen LogP contribution >= 0.6 is 35.0 Å². The highest BCUT2D eigenvalue weighted by Crippen LogP contribution is 2.27. The van der Waals surface area contributed by atoms with Crippen molar-refractivity contribution in [3.8, 4) is 0 Å². The fourth-order valence-electron chi connectivity index (χ4n) is 0.707. The molecule has 0 aliphatic carbocycles. The monoisotopic (exact) mass is 234 g/mol. The van der Waals surface area contributed by atoms with Crippen LogP contribution in [0.2, 0.25) is 10.0 Å². The van der Waals surface area contributed by atoms with E-state index in [0.29, 0.717) is 15.2 Å². The predicted molar refractivity (Wildman–Crippen MR) is 59.9 cm³/mol. The van der Waals surface area contributed by atoms with Gasteiger partial charge >= 0.3 is 0 Å². The van der Waals surface area contributed by atoms with E-state index in [4.69, 9.17) is 28.9 Å². The van der Waals surface area contributed by atoms with Gasteiger partial charge in [0.05, 0.1) is 10.0 Å². The molecule has 70 valence electrons. The van der Waals surface area contributed by atoms with E-state index in [-0.39, 0.29) is 0 Å². The highest BCUT2D eigenvalue weighted by molar-refractivity contribution is 8.13. The van der Waals surface area contributed by atoms with Gasteiger partial charge in [-0.2, -0.15) is 0 Å². The Bertz CT molecular complexity index is 339. The highest BCUT2D eigenvalue weighted by Gasteiger charge is 2.01. The fraction of sp³-hybridized carbons (Fsp3) is 0.125. The second-order valence-electron chi connectivity index (χ2n) is 2.24. The molecule has 2 nitrogen and oxygen atoms in total. The molecule has 1 aromatic rings. The molecule has 0 unspecified atom stereocenters. The minimum Gasteiger partial charge on any atom is -0.378 e. The number of aliphatic imine (C=N–C) groups is 1. The van der Waals surface area contributed by atoms with E-state index in [0.717, 1.165) is 4.90 Å². The maximum atomic E-state index is 5.81. The van der Waals surface area contributed by atoms with E-state index >= 15 is 0 Å². The Hall–Kier alpha value is -0.380. The van der Waals surface area contributed by atoms with Gasteiger partial charge in [-0.15, -0.1) is 0 Å². The van der Waals surface area contributed by atoms with Gasteiger partial charge in [0.25, 0.3) is 0 Å². The lowest BCUT2D eigenvalue weighted by atomic mass is 10.4. The van der Waals surface area contributed by atoms with E-state index in [1.165, 1.54) is 11.8 Å². The van der Waals surface area contributed by atoms with Crippen LogP contribution in [0.3, 0.4) is 0 Å². The van der Waals surface area contributed by atoms with E-state index < -0.39 is 0 Å². The summed E-state index contributed by atoms with van der Waals surface area (Å²) in [7, 11) is 1.64. The van der Waals surface area contributed by atoms with Crippen LogP contribution in [-0.4, -0.2) is 12.2 Å². The van der Waals surface area contributed by atoms with Gasteiger partial charge < -0.3 is 5.73 Å². The zero-order valence-electron chi connectivity index (χ0n) is 6.92. The number of rotatable bonds is 1. The number of hydrogen-bond acceptors (Lipinski definition) is 2. The Morgan fingerprint density at radius 1 is 1.38 bits per heavy atom. The van der Waals surface area contributed by atoms with Gasteiger partial charge in [-0.1, -0.05) is 35.0 Å². The molecule has 0 heterocycles. The number of nitrogens with two attached hydrogens (primary N) is 1. The number of amidine groups is 1. The Labute approximate surface area is 91.1 Å². The minimum absolute atomic E-state index is 0.499. The Morgan fingerprint density at radius 3 is 2.62 bits per heavy atom. The Morgan fingerprint density at radius 2 is 2.08 bits per heavy atom. The number of halogens is 2. The second-order valence-corrected chi connectivity index (χ2v) is 4.15. The maximum Gasteiger partial charge on any atom is 0.158 e. The van der Waals surface area contributed by atoms with Gasteiger partial charge in [0.2, 0.25) is 0 Å². The summed E-state index contributed by atoms with van der Waals surface area (Å²) >= 11 is 12.9. The van der Waals surface area contributed by atoms with Crippen molar-refractivity contribution in [2.45, 2.75) is 4.90 Å². The lowest BCUT2D eigenvalue weighted by molar-refractivity contribution is 1.43. The van der Waals surface area contributed by atoms with Crippen LogP contribution in [-0.2, 0) is 0 Å². The van der Waals surface area contributed by atoms with Crippen molar-refractivity contribution in [2.75, 3.05) is 7.05 Å². The van der Waals surface area contributed by atoms with Crippen molar-refractivity contribution >= 4 is 40.1 Å². The third-order valence-electron chi connectivity index (χ3n) is 1.33. The maximum absolute atomic E-state index is 5.81. The number of nitrogens with zero attached hydrogens (tertiary/aromatic N) is 1. The second kappa shape index (κ2) is 4.74. The number of hydrogen-bond donors (Lipinski definition) is 1. The van der Waals surface area contributed by atoms with Crippen molar-refractivity contribution < 1.29 is 0 Å². The lowest BCUT2D eigenvalue weighted by Crippen LogP contribution is -2.05. The van der Waals surface area contributed by atoms with Crippen molar-refractivity contribution in [1.29, 1.82) is 0 Å². The van der Waals surface area contributed by atoms with Crippen LogP contribution < -0.4 is 5.73 Å². The van der Waals surface area contributed by atoms with Crippen LogP contribution in [0, 0.1) is 0 Å². The first-order chi connectivity index (χ1) is 6.13. The summed E-state index contributed by atoms with van der Waals surface area (Å²) in [5.74, 6) is 0. The molecule has 2 N–H and O–H groups in total. The molecule has 0 spiro atoms. The smallest absolute Gasteiger partial charge is 0.158 e. The fourth-order valence-corrected chi connectivity index (χ4v) is 1.72. The molecule has 0 saturated carbocycles. The number of thioether (sulfide) groups is 1. The molecular formula is C8H8Cl2N2S. The molecule has 0 atom stereocenters. The van der Waals surface area contributed by atoms with Crippen LogP contribution in [0.25, 0.3) is 0 Å². The molecule has 0 fully saturated rings. The Kier molecular flexibility index (Phi) is 3.90. The van der Waals surface area contributed by atoms with Crippen molar-refractivity contribution in [3.63, 3.8) is 0 Å². The average molecular weight is 235 g/mol. The van der Waals surface area contributed by atoms with E-state index in [1.807, 2.05) is 6.07 Å². The largest absolute Gasteiger partial charge is 0.378 e. The quantitative estimate of drug-likeness (QED) is 0.461. The molecule has 0 aliphatic heterocycles. The third kappa shape index (κ3) is 3.10. The van der Waals surface area contributed by atoms with Gasteiger partial charge in [-0.05, 0) is 18.2 Å². The summed E-state index contributed by atoms with van der Waals surface area (Å²) in [5, 5.41) is 1.56. The lowest BCUT2D eigenvalue weighted by Gasteiger charge is -2.01. The van der Waals surface area contributed by atoms with Crippen LogP contribution in [0.5, 0.6) is 0 Å². The molecule has 0 radical (unpaired) electrons. The van der Waals surface area contributed by atoms with E-state index in [2.05, 4.69) is 4.99 Å². The van der Waals surface area contributed by atoms with Gasteiger partial charge in [0.15, 0.2) is 5.17 Å². The summed E-state index contributed by atoms with van der Waals surface area (Å²) < 4.78 is 0. The molecule has 0 aliphatic rings. The summed E-state index contributed by atoms with van der Waals surface area (Å²) in [4.78, 5) is 4.75. The van der Waals surface area contributed by atoms with E-state index in [1.54, 1.807) is 19.2 Å². The summed E-state index contributed by atoms with van der Waals surface area (Å²) in [6.45, 7) is 0. The molecule has 1 aromatic carbocycles. The molecule has 1 rings (SSSR count). The van der Waals surface area contributed by atoms with Crippen LogP contribution in [0.1, 0.15) is 0 Å². The van der Waals surface area contributed by atoms with Crippen molar-refractivity contribution in [3.05, 3.63) is 28.2 Å². The Balaban J connectivity index is 2.86. The average Bonchev–Trinajstić information content (AvgIpc) is 2.11. The molecule has 0 aromatic heterocycles. The molecule has 13 heavy (non-hydrogen) atoms.